The molecule has 3 aromatic rings. The fraction of sp³-hybridized carbons (Fsp3) is 0.208. The van der Waals surface area contributed by atoms with Crippen molar-refractivity contribution >= 4 is 11.8 Å². The molecule has 1 heterocycles. The molecule has 0 aliphatic rings. The van der Waals surface area contributed by atoms with Crippen molar-refractivity contribution in [3.05, 3.63) is 96.3 Å². The quantitative estimate of drug-likeness (QED) is 0.596. The zero-order chi connectivity index (χ0) is 21.2. The van der Waals surface area contributed by atoms with Crippen molar-refractivity contribution < 1.29 is 14.3 Å². The molecular formula is C24H25N3O3. The fourth-order valence-corrected chi connectivity index (χ4v) is 2.94. The predicted molar refractivity (Wildman–Crippen MR) is 114 cm³/mol. The second-order valence-corrected chi connectivity index (χ2v) is 6.82. The second kappa shape index (κ2) is 10.8. The minimum atomic E-state index is -0.666. The van der Waals surface area contributed by atoms with E-state index in [-0.39, 0.29) is 18.4 Å². The van der Waals surface area contributed by atoms with Gasteiger partial charge in [0.2, 0.25) is 5.91 Å². The van der Waals surface area contributed by atoms with Crippen LogP contribution in [0.3, 0.4) is 0 Å². The van der Waals surface area contributed by atoms with Crippen LogP contribution in [0.5, 0.6) is 5.75 Å². The Bertz CT molecular complexity index is 934. The zero-order valence-corrected chi connectivity index (χ0v) is 16.9. The van der Waals surface area contributed by atoms with Gasteiger partial charge in [-0.3, -0.25) is 14.6 Å². The van der Waals surface area contributed by atoms with Crippen LogP contribution in [0, 0.1) is 0 Å². The van der Waals surface area contributed by atoms with E-state index in [0.29, 0.717) is 18.8 Å². The molecule has 2 aromatic carbocycles. The number of hydrogen-bond acceptors (Lipinski definition) is 4. The number of aromatic nitrogens is 1. The Kier molecular flexibility index (Phi) is 7.55. The highest BCUT2D eigenvalue weighted by molar-refractivity contribution is 5.87. The molecule has 6 heteroatoms. The normalized spacial score (nSPS) is 11.4. The molecule has 0 bridgehead atoms. The number of nitrogens with one attached hydrogen (secondary N) is 1. The van der Waals surface area contributed by atoms with Gasteiger partial charge in [0.05, 0.1) is 12.2 Å². The first-order chi connectivity index (χ1) is 14.6. The van der Waals surface area contributed by atoms with Gasteiger partial charge >= 0.3 is 0 Å². The average Bonchev–Trinajstić information content (AvgIpc) is 2.81. The highest BCUT2D eigenvalue weighted by Gasteiger charge is 2.26. The lowest BCUT2D eigenvalue weighted by molar-refractivity contribution is -0.142. The molecule has 6 nitrogen and oxygen atoms in total. The van der Waals surface area contributed by atoms with Crippen LogP contribution in [0.15, 0.2) is 85.1 Å². The van der Waals surface area contributed by atoms with Crippen molar-refractivity contribution in [3.63, 3.8) is 0 Å². The highest BCUT2D eigenvalue weighted by atomic mass is 16.5. The molecule has 0 aliphatic carbocycles. The molecule has 1 atom stereocenters. The molecular weight excluding hydrogens is 378 g/mol. The van der Waals surface area contributed by atoms with E-state index in [1.54, 1.807) is 25.3 Å². The molecule has 0 radical (unpaired) electrons. The van der Waals surface area contributed by atoms with E-state index in [1.165, 1.54) is 4.90 Å². The van der Waals surface area contributed by atoms with Crippen molar-refractivity contribution in [1.29, 1.82) is 0 Å². The summed E-state index contributed by atoms with van der Waals surface area (Å²) in [5.74, 6) is 0.102. The van der Waals surface area contributed by atoms with Gasteiger partial charge in [-0.25, -0.2) is 0 Å². The third-order valence-corrected chi connectivity index (χ3v) is 4.64. The van der Waals surface area contributed by atoms with E-state index >= 15 is 0 Å². The van der Waals surface area contributed by atoms with Crippen LogP contribution in [0.4, 0.5) is 0 Å². The van der Waals surface area contributed by atoms with Crippen LogP contribution >= 0.6 is 0 Å². The Morgan fingerprint density at radius 1 is 0.967 bits per heavy atom. The van der Waals surface area contributed by atoms with Crippen LogP contribution in [0.25, 0.3) is 0 Å². The minimum absolute atomic E-state index is 0.144. The van der Waals surface area contributed by atoms with E-state index < -0.39 is 6.04 Å². The summed E-state index contributed by atoms with van der Waals surface area (Å²) in [5, 5.41) is 2.86. The second-order valence-electron chi connectivity index (χ2n) is 6.82. The van der Waals surface area contributed by atoms with Crippen LogP contribution in [0.1, 0.15) is 18.2 Å². The largest absolute Gasteiger partial charge is 0.484 e. The number of rotatable bonds is 9. The van der Waals surface area contributed by atoms with Gasteiger partial charge in [0.1, 0.15) is 11.8 Å². The number of nitrogens with zero attached hydrogens (tertiary/aromatic N) is 2. The lowest BCUT2D eigenvalue weighted by Crippen LogP contribution is -2.48. The first kappa shape index (κ1) is 21.0. The maximum Gasteiger partial charge on any atom is 0.261 e. The molecule has 0 spiro atoms. The van der Waals surface area contributed by atoms with E-state index in [9.17, 15) is 9.59 Å². The van der Waals surface area contributed by atoms with Crippen molar-refractivity contribution in [1.82, 2.24) is 15.2 Å². The van der Waals surface area contributed by atoms with Crippen LogP contribution in [-0.4, -0.2) is 34.3 Å². The molecule has 3 rings (SSSR count). The first-order valence-corrected chi connectivity index (χ1v) is 9.82. The van der Waals surface area contributed by atoms with Crippen molar-refractivity contribution in [2.45, 2.75) is 26.1 Å². The molecule has 154 valence electrons. The van der Waals surface area contributed by atoms with Gasteiger partial charge in [-0.15, -0.1) is 0 Å². The smallest absolute Gasteiger partial charge is 0.261 e. The monoisotopic (exact) mass is 403 g/mol. The molecule has 0 unspecified atom stereocenters. The molecule has 2 amide bonds. The van der Waals surface area contributed by atoms with Gasteiger partial charge in [0.15, 0.2) is 6.61 Å². The predicted octanol–water partition coefficient (Wildman–Crippen LogP) is 3.19. The summed E-state index contributed by atoms with van der Waals surface area (Å²) in [6, 6.07) is 23.6. The SMILES string of the molecule is C[C@@H](C(=O)NCc1ccccn1)N(Cc1ccccc1)C(=O)COc1ccccc1. The van der Waals surface area contributed by atoms with Gasteiger partial charge in [0.25, 0.3) is 5.91 Å². The summed E-state index contributed by atoms with van der Waals surface area (Å²) in [7, 11) is 0. The summed E-state index contributed by atoms with van der Waals surface area (Å²) in [6.07, 6.45) is 1.68. The topological polar surface area (TPSA) is 71.5 Å². The number of ether oxygens (including phenoxy) is 1. The number of para-hydroxylation sites is 1. The number of benzene rings is 2. The zero-order valence-electron chi connectivity index (χ0n) is 16.9. The number of pyridine rings is 1. The fourth-order valence-electron chi connectivity index (χ4n) is 2.94. The molecule has 1 N–H and O–H groups in total. The standard InChI is InChI=1S/C24H25N3O3/c1-19(24(29)26-16-21-12-8-9-15-25-21)27(17-20-10-4-2-5-11-20)23(28)18-30-22-13-6-3-7-14-22/h2-15,19H,16-18H2,1H3,(H,26,29)/t19-/m0/s1. The van der Waals surface area contributed by atoms with Gasteiger partial charge in [-0.1, -0.05) is 54.6 Å². The summed E-state index contributed by atoms with van der Waals surface area (Å²) in [4.78, 5) is 31.4. The Morgan fingerprint density at radius 2 is 1.63 bits per heavy atom. The number of carbonyl (C=O) groups excluding carboxylic acids is 2. The Hall–Kier alpha value is -3.67. The molecule has 0 aliphatic heterocycles. The third-order valence-electron chi connectivity index (χ3n) is 4.64. The van der Waals surface area contributed by atoms with Gasteiger partial charge in [0, 0.05) is 12.7 Å². The maximum absolute atomic E-state index is 12.9. The summed E-state index contributed by atoms with van der Waals surface area (Å²) in [6.45, 7) is 2.19. The molecule has 0 fully saturated rings. The molecule has 1 aromatic heterocycles. The van der Waals surface area contributed by atoms with E-state index in [4.69, 9.17) is 4.74 Å². The van der Waals surface area contributed by atoms with Crippen LogP contribution in [0.2, 0.25) is 0 Å². The molecule has 0 saturated carbocycles. The average molecular weight is 403 g/mol. The molecule has 0 saturated heterocycles. The number of amides is 2. The number of hydrogen-bond donors (Lipinski definition) is 1. The minimum Gasteiger partial charge on any atom is -0.484 e. The first-order valence-electron chi connectivity index (χ1n) is 9.82. The van der Waals surface area contributed by atoms with Crippen LogP contribution < -0.4 is 10.1 Å². The van der Waals surface area contributed by atoms with Gasteiger partial charge in [-0.2, -0.15) is 0 Å². The Morgan fingerprint density at radius 3 is 2.30 bits per heavy atom. The van der Waals surface area contributed by atoms with E-state index in [0.717, 1.165) is 11.3 Å². The van der Waals surface area contributed by atoms with Crippen molar-refractivity contribution in [2.24, 2.45) is 0 Å². The summed E-state index contributed by atoms with van der Waals surface area (Å²) >= 11 is 0. The lowest BCUT2D eigenvalue weighted by Gasteiger charge is -2.28. The lowest BCUT2D eigenvalue weighted by atomic mass is 10.1. The van der Waals surface area contributed by atoms with E-state index in [1.807, 2.05) is 66.7 Å². The third kappa shape index (κ3) is 6.17. The number of carbonyl (C=O) groups is 2. The maximum atomic E-state index is 12.9. The highest BCUT2D eigenvalue weighted by Crippen LogP contribution is 2.12. The van der Waals surface area contributed by atoms with Gasteiger partial charge in [-0.05, 0) is 36.8 Å². The molecule has 30 heavy (non-hydrogen) atoms. The van der Waals surface area contributed by atoms with E-state index in [2.05, 4.69) is 10.3 Å². The van der Waals surface area contributed by atoms with Crippen molar-refractivity contribution in [3.8, 4) is 5.75 Å². The Balaban J connectivity index is 1.67. The van der Waals surface area contributed by atoms with Crippen LogP contribution in [-0.2, 0) is 22.7 Å². The summed E-state index contributed by atoms with van der Waals surface area (Å²) in [5.41, 5.74) is 1.70. The Labute approximate surface area is 176 Å². The summed E-state index contributed by atoms with van der Waals surface area (Å²) < 4.78 is 5.61. The van der Waals surface area contributed by atoms with Crippen molar-refractivity contribution in [2.75, 3.05) is 6.61 Å². The van der Waals surface area contributed by atoms with Gasteiger partial charge < -0.3 is 15.0 Å².